The lowest BCUT2D eigenvalue weighted by Crippen LogP contribution is -2.08. The van der Waals surface area contributed by atoms with Crippen molar-refractivity contribution in [2.45, 2.75) is 27.0 Å². The summed E-state index contributed by atoms with van der Waals surface area (Å²) in [7, 11) is 0. The van der Waals surface area contributed by atoms with Crippen LogP contribution < -0.4 is 4.74 Å². The number of aryl methyl sites for hydroxylation is 1. The van der Waals surface area contributed by atoms with Gasteiger partial charge in [0.2, 0.25) is 0 Å². The average Bonchev–Trinajstić information content (AvgIpc) is 2.83. The number of benzene rings is 1. The number of Topliss-reactive ketones (excluding diaryl/α,β-unsaturated/α-hetero) is 1. The van der Waals surface area contributed by atoms with Gasteiger partial charge in [0.1, 0.15) is 18.7 Å². The molecule has 5 nitrogen and oxygen atoms in total. The molecule has 0 aliphatic rings. The van der Waals surface area contributed by atoms with Gasteiger partial charge in [-0.2, -0.15) is 5.10 Å². The topological polar surface area (TPSA) is 57.0 Å². The Kier molecular flexibility index (Phi) is 4.31. The number of carbonyl (C=O) groups excluding carboxylic acids is 1. The predicted octanol–water partition coefficient (Wildman–Crippen LogP) is 2.84. The van der Waals surface area contributed by atoms with Crippen LogP contribution in [0, 0.1) is 0 Å². The van der Waals surface area contributed by atoms with Crippen molar-refractivity contribution >= 4 is 21.7 Å². The van der Waals surface area contributed by atoms with Crippen LogP contribution in [-0.4, -0.2) is 20.5 Å². The lowest BCUT2D eigenvalue weighted by molar-refractivity contribution is 0.101. The quantitative estimate of drug-likeness (QED) is 0.794. The maximum Gasteiger partial charge on any atom is 0.164 e. The Hall–Kier alpha value is -1.69. The Balaban J connectivity index is 2.19. The summed E-state index contributed by atoms with van der Waals surface area (Å²) >= 11 is 3.37. The van der Waals surface area contributed by atoms with Crippen molar-refractivity contribution in [2.24, 2.45) is 0 Å². The fourth-order valence-electron chi connectivity index (χ4n) is 1.71. The number of hydrogen-bond acceptors (Lipinski definition) is 4. The van der Waals surface area contributed by atoms with Gasteiger partial charge in [-0.25, -0.2) is 9.67 Å². The second kappa shape index (κ2) is 5.97. The van der Waals surface area contributed by atoms with Crippen LogP contribution in [0.5, 0.6) is 5.75 Å². The first kappa shape index (κ1) is 13.7. The van der Waals surface area contributed by atoms with E-state index in [1.165, 1.54) is 13.3 Å². The van der Waals surface area contributed by atoms with E-state index >= 15 is 0 Å². The Labute approximate surface area is 119 Å². The van der Waals surface area contributed by atoms with E-state index in [9.17, 15) is 4.79 Å². The van der Waals surface area contributed by atoms with Gasteiger partial charge in [0.25, 0.3) is 0 Å². The summed E-state index contributed by atoms with van der Waals surface area (Å²) in [5.74, 6) is 1.25. The van der Waals surface area contributed by atoms with Gasteiger partial charge in [-0.15, -0.1) is 0 Å². The van der Waals surface area contributed by atoms with Crippen LogP contribution in [0.1, 0.15) is 30.0 Å². The van der Waals surface area contributed by atoms with Crippen LogP contribution in [-0.2, 0) is 13.2 Å². The van der Waals surface area contributed by atoms with Crippen molar-refractivity contribution in [3.8, 4) is 5.75 Å². The van der Waals surface area contributed by atoms with Crippen molar-refractivity contribution in [1.82, 2.24) is 14.8 Å². The highest BCUT2D eigenvalue weighted by Crippen LogP contribution is 2.24. The fourth-order valence-corrected chi connectivity index (χ4v) is 2.05. The first-order valence-corrected chi connectivity index (χ1v) is 6.71. The molecule has 19 heavy (non-hydrogen) atoms. The minimum absolute atomic E-state index is 0.0283. The molecule has 2 rings (SSSR count). The summed E-state index contributed by atoms with van der Waals surface area (Å²) in [6.07, 6.45) is 1.50. The van der Waals surface area contributed by atoms with Gasteiger partial charge < -0.3 is 4.74 Å². The van der Waals surface area contributed by atoms with Gasteiger partial charge >= 0.3 is 0 Å². The zero-order valence-corrected chi connectivity index (χ0v) is 12.3. The van der Waals surface area contributed by atoms with Gasteiger partial charge in [0.15, 0.2) is 11.6 Å². The SMILES string of the molecule is CCn1ncnc1COc1cc(Br)ccc1C(C)=O. The van der Waals surface area contributed by atoms with Gasteiger partial charge in [0, 0.05) is 11.0 Å². The van der Waals surface area contributed by atoms with Crippen LogP contribution in [0.4, 0.5) is 0 Å². The second-order valence-electron chi connectivity index (χ2n) is 3.98. The van der Waals surface area contributed by atoms with E-state index in [0.717, 1.165) is 16.8 Å². The summed E-state index contributed by atoms with van der Waals surface area (Å²) in [5, 5.41) is 4.07. The third-order valence-electron chi connectivity index (χ3n) is 2.67. The van der Waals surface area contributed by atoms with Gasteiger partial charge in [-0.05, 0) is 32.0 Å². The van der Waals surface area contributed by atoms with Gasteiger partial charge in [0.05, 0.1) is 5.56 Å². The smallest absolute Gasteiger partial charge is 0.164 e. The monoisotopic (exact) mass is 323 g/mol. The molecule has 0 aliphatic heterocycles. The van der Waals surface area contributed by atoms with Crippen LogP contribution >= 0.6 is 15.9 Å². The number of halogens is 1. The lowest BCUT2D eigenvalue weighted by atomic mass is 10.1. The number of nitrogens with zero attached hydrogens (tertiary/aromatic N) is 3. The molecule has 0 saturated carbocycles. The number of hydrogen-bond donors (Lipinski definition) is 0. The van der Waals surface area contributed by atoms with Crippen LogP contribution in [0.3, 0.4) is 0 Å². The molecule has 100 valence electrons. The number of rotatable bonds is 5. The molecule has 0 saturated heterocycles. The minimum Gasteiger partial charge on any atom is -0.485 e. The van der Waals surface area contributed by atoms with Crippen LogP contribution in [0.2, 0.25) is 0 Å². The second-order valence-corrected chi connectivity index (χ2v) is 4.89. The summed E-state index contributed by atoms with van der Waals surface area (Å²) < 4.78 is 8.31. The molecule has 1 aromatic heterocycles. The molecule has 0 unspecified atom stereocenters. The van der Waals surface area contributed by atoms with Crippen molar-refractivity contribution in [2.75, 3.05) is 0 Å². The third-order valence-corrected chi connectivity index (χ3v) is 3.17. The van der Waals surface area contributed by atoms with E-state index in [1.807, 2.05) is 13.0 Å². The molecule has 0 fully saturated rings. The highest BCUT2D eigenvalue weighted by Gasteiger charge is 2.11. The number of ether oxygens (including phenoxy) is 1. The maximum absolute atomic E-state index is 11.5. The minimum atomic E-state index is -0.0283. The zero-order valence-electron chi connectivity index (χ0n) is 10.8. The highest BCUT2D eigenvalue weighted by molar-refractivity contribution is 9.10. The van der Waals surface area contributed by atoms with Gasteiger partial charge in [-0.1, -0.05) is 15.9 Å². The molecule has 2 aromatic rings. The summed E-state index contributed by atoms with van der Waals surface area (Å²) in [6, 6.07) is 5.34. The Morgan fingerprint density at radius 3 is 2.95 bits per heavy atom. The molecule has 0 atom stereocenters. The Morgan fingerprint density at radius 1 is 1.47 bits per heavy atom. The van der Waals surface area contributed by atoms with Crippen molar-refractivity contribution in [1.29, 1.82) is 0 Å². The molecular formula is C13H14BrN3O2. The molecule has 1 aromatic carbocycles. The lowest BCUT2D eigenvalue weighted by Gasteiger charge is -2.10. The Morgan fingerprint density at radius 2 is 2.26 bits per heavy atom. The maximum atomic E-state index is 11.5. The average molecular weight is 324 g/mol. The van der Waals surface area contributed by atoms with E-state index in [0.29, 0.717) is 11.3 Å². The van der Waals surface area contributed by atoms with E-state index in [4.69, 9.17) is 4.74 Å². The highest BCUT2D eigenvalue weighted by atomic mass is 79.9. The normalized spacial score (nSPS) is 10.5. The summed E-state index contributed by atoms with van der Waals surface area (Å²) in [6.45, 7) is 4.52. The van der Waals surface area contributed by atoms with Crippen LogP contribution in [0.15, 0.2) is 29.0 Å². The molecule has 6 heteroatoms. The molecular weight excluding hydrogens is 310 g/mol. The number of aromatic nitrogens is 3. The Bertz CT molecular complexity index is 595. The number of ketones is 1. The standard InChI is InChI=1S/C13H14BrN3O2/c1-3-17-13(15-8-16-17)7-19-12-6-10(14)4-5-11(12)9(2)18/h4-6,8H,3,7H2,1-2H3. The molecule has 0 aliphatic carbocycles. The molecule has 1 heterocycles. The summed E-state index contributed by atoms with van der Waals surface area (Å²) in [4.78, 5) is 15.7. The first-order chi connectivity index (χ1) is 9.11. The molecule has 0 spiro atoms. The zero-order chi connectivity index (χ0) is 13.8. The molecule has 0 radical (unpaired) electrons. The number of carbonyl (C=O) groups is 1. The van der Waals surface area contributed by atoms with E-state index < -0.39 is 0 Å². The van der Waals surface area contributed by atoms with Crippen molar-refractivity contribution in [3.05, 3.63) is 40.4 Å². The van der Waals surface area contributed by atoms with E-state index in [1.54, 1.807) is 16.8 Å². The molecule has 0 bridgehead atoms. The van der Waals surface area contributed by atoms with Gasteiger partial charge in [-0.3, -0.25) is 4.79 Å². The van der Waals surface area contributed by atoms with Crippen molar-refractivity contribution in [3.63, 3.8) is 0 Å². The third kappa shape index (κ3) is 3.20. The fraction of sp³-hybridized carbons (Fsp3) is 0.308. The predicted molar refractivity (Wildman–Crippen MR) is 74.2 cm³/mol. The molecule has 0 N–H and O–H groups in total. The largest absolute Gasteiger partial charge is 0.485 e. The summed E-state index contributed by atoms with van der Waals surface area (Å²) in [5.41, 5.74) is 0.561. The molecule has 0 amide bonds. The van der Waals surface area contributed by atoms with E-state index in [-0.39, 0.29) is 12.4 Å². The van der Waals surface area contributed by atoms with E-state index in [2.05, 4.69) is 26.0 Å². The first-order valence-electron chi connectivity index (χ1n) is 5.91. The van der Waals surface area contributed by atoms with Crippen molar-refractivity contribution < 1.29 is 9.53 Å². The van der Waals surface area contributed by atoms with Crippen LogP contribution in [0.25, 0.3) is 0 Å².